The zero-order chi connectivity index (χ0) is 15.9. The molecule has 0 saturated heterocycles. The second-order valence-corrected chi connectivity index (χ2v) is 5.23. The zero-order valence-electron chi connectivity index (χ0n) is 13.3. The van der Waals surface area contributed by atoms with Gasteiger partial charge < -0.3 is 24.7 Å². The van der Waals surface area contributed by atoms with Gasteiger partial charge in [-0.1, -0.05) is 6.07 Å². The van der Waals surface area contributed by atoms with Crippen molar-refractivity contribution in [2.24, 2.45) is 4.99 Å². The molecule has 3 rings (SSSR count). The maximum absolute atomic E-state index is 5.39. The number of guanidine groups is 1. The van der Waals surface area contributed by atoms with E-state index in [4.69, 9.17) is 9.47 Å². The second kappa shape index (κ2) is 7.58. The number of aliphatic imine (C=N–C) groups is 1. The molecule has 0 radical (unpaired) electrons. The Kier molecular flexibility index (Phi) is 5.03. The lowest BCUT2D eigenvalue weighted by Crippen LogP contribution is -2.38. The molecule has 6 heteroatoms. The van der Waals surface area contributed by atoms with Gasteiger partial charge in [-0.3, -0.25) is 0 Å². The van der Waals surface area contributed by atoms with Gasteiger partial charge in [0, 0.05) is 32.0 Å². The van der Waals surface area contributed by atoms with Gasteiger partial charge in [0.15, 0.2) is 17.5 Å². The van der Waals surface area contributed by atoms with E-state index in [1.54, 1.807) is 0 Å². The van der Waals surface area contributed by atoms with Gasteiger partial charge in [-0.05, 0) is 36.8 Å². The van der Waals surface area contributed by atoms with Crippen molar-refractivity contribution in [1.82, 2.24) is 15.2 Å². The molecule has 0 fully saturated rings. The zero-order valence-corrected chi connectivity index (χ0v) is 13.3. The van der Waals surface area contributed by atoms with Crippen molar-refractivity contribution in [3.05, 3.63) is 48.3 Å². The van der Waals surface area contributed by atoms with E-state index in [-0.39, 0.29) is 0 Å². The molecule has 6 nitrogen and oxygen atoms in total. The fourth-order valence-corrected chi connectivity index (χ4v) is 2.37. The van der Waals surface area contributed by atoms with E-state index in [2.05, 4.69) is 39.5 Å². The van der Waals surface area contributed by atoms with Gasteiger partial charge >= 0.3 is 0 Å². The number of nitrogens with zero attached hydrogens (tertiary/aromatic N) is 2. The highest BCUT2D eigenvalue weighted by molar-refractivity contribution is 5.79. The Morgan fingerprint density at radius 2 is 2.00 bits per heavy atom. The molecule has 0 saturated carbocycles. The van der Waals surface area contributed by atoms with Gasteiger partial charge in [0.1, 0.15) is 0 Å². The summed E-state index contributed by atoms with van der Waals surface area (Å²) in [5.41, 5.74) is 1.09. The quantitative estimate of drug-likeness (QED) is 0.632. The molecule has 1 aliphatic heterocycles. The predicted molar refractivity (Wildman–Crippen MR) is 89.8 cm³/mol. The molecule has 2 N–H and O–H groups in total. The average Bonchev–Trinajstić information content (AvgIpc) is 3.23. The molecule has 0 bridgehead atoms. The lowest BCUT2D eigenvalue weighted by molar-refractivity contribution is 0.174. The Morgan fingerprint density at radius 3 is 2.83 bits per heavy atom. The summed E-state index contributed by atoms with van der Waals surface area (Å²) in [6.45, 7) is 5.50. The van der Waals surface area contributed by atoms with Gasteiger partial charge in [0.25, 0.3) is 0 Å². The first-order chi connectivity index (χ1) is 11.3. The van der Waals surface area contributed by atoms with E-state index in [1.165, 1.54) is 0 Å². The SMILES string of the molecule is CCNC(=NCc1ccc2c(c1)OCO2)NCCn1cccc1. The summed E-state index contributed by atoms with van der Waals surface area (Å²) in [5, 5.41) is 6.60. The van der Waals surface area contributed by atoms with Crippen molar-refractivity contribution in [1.29, 1.82) is 0 Å². The molecule has 2 heterocycles. The van der Waals surface area contributed by atoms with Crippen LogP contribution in [0.5, 0.6) is 11.5 Å². The average molecular weight is 314 g/mol. The van der Waals surface area contributed by atoms with Crippen LogP contribution < -0.4 is 20.1 Å². The first-order valence-corrected chi connectivity index (χ1v) is 7.86. The van der Waals surface area contributed by atoms with Crippen LogP contribution in [0.4, 0.5) is 0 Å². The summed E-state index contributed by atoms with van der Waals surface area (Å²) < 4.78 is 12.8. The van der Waals surface area contributed by atoms with Gasteiger partial charge in [-0.25, -0.2) is 4.99 Å². The molecule has 1 aliphatic rings. The summed E-state index contributed by atoms with van der Waals surface area (Å²) in [6.07, 6.45) is 4.11. The minimum atomic E-state index is 0.297. The van der Waals surface area contributed by atoms with Crippen LogP contribution in [0.3, 0.4) is 0 Å². The number of aromatic nitrogens is 1. The summed E-state index contributed by atoms with van der Waals surface area (Å²) in [6, 6.07) is 9.98. The summed E-state index contributed by atoms with van der Waals surface area (Å²) in [4.78, 5) is 4.62. The van der Waals surface area contributed by atoms with Crippen molar-refractivity contribution >= 4 is 5.96 Å². The van der Waals surface area contributed by atoms with Crippen molar-refractivity contribution < 1.29 is 9.47 Å². The molecular weight excluding hydrogens is 292 g/mol. The van der Waals surface area contributed by atoms with Crippen LogP contribution in [-0.2, 0) is 13.1 Å². The van der Waals surface area contributed by atoms with E-state index in [0.717, 1.165) is 42.7 Å². The minimum absolute atomic E-state index is 0.297. The monoisotopic (exact) mass is 314 g/mol. The number of hydrogen-bond donors (Lipinski definition) is 2. The van der Waals surface area contributed by atoms with E-state index < -0.39 is 0 Å². The molecule has 0 atom stereocenters. The number of rotatable bonds is 6. The Hall–Kier alpha value is -2.63. The van der Waals surface area contributed by atoms with Crippen LogP contribution in [0.15, 0.2) is 47.7 Å². The summed E-state index contributed by atoms with van der Waals surface area (Å²) in [7, 11) is 0. The highest BCUT2D eigenvalue weighted by atomic mass is 16.7. The lowest BCUT2D eigenvalue weighted by Gasteiger charge is -2.12. The van der Waals surface area contributed by atoms with E-state index in [1.807, 2.05) is 30.3 Å². The Balaban J connectivity index is 1.55. The largest absolute Gasteiger partial charge is 0.454 e. The maximum Gasteiger partial charge on any atom is 0.231 e. The predicted octanol–water partition coefficient (Wildman–Crippen LogP) is 1.97. The molecule has 2 aromatic rings. The maximum atomic E-state index is 5.39. The van der Waals surface area contributed by atoms with Gasteiger partial charge in [0.05, 0.1) is 6.54 Å². The normalized spacial score (nSPS) is 13.2. The van der Waals surface area contributed by atoms with Crippen LogP contribution >= 0.6 is 0 Å². The van der Waals surface area contributed by atoms with Crippen LogP contribution in [-0.4, -0.2) is 30.4 Å². The molecule has 0 spiro atoms. The second-order valence-electron chi connectivity index (χ2n) is 5.23. The Morgan fingerprint density at radius 1 is 1.17 bits per heavy atom. The highest BCUT2D eigenvalue weighted by Crippen LogP contribution is 2.32. The first-order valence-electron chi connectivity index (χ1n) is 7.86. The highest BCUT2D eigenvalue weighted by Gasteiger charge is 2.12. The third-order valence-electron chi connectivity index (χ3n) is 3.53. The first kappa shape index (κ1) is 15.3. The van der Waals surface area contributed by atoms with Crippen molar-refractivity contribution in [3.63, 3.8) is 0 Å². The van der Waals surface area contributed by atoms with Crippen molar-refractivity contribution in [2.75, 3.05) is 19.9 Å². The molecular formula is C17H22N4O2. The molecule has 0 aliphatic carbocycles. The number of hydrogen-bond acceptors (Lipinski definition) is 3. The number of benzene rings is 1. The smallest absolute Gasteiger partial charge is 0.231 e. The van der Waals surface area contributed by atoms with Crippen LogP contribution in [0, 0.1) is 0 Å². The topological polar surface area (TPSA) is 59.8 Å². The van der Waals surface area contributed by atoms with Crippen LogP contribution in [0.25, 0.3) is 0 Å². The lowest BCUT2D eigenvalue weighted by atomic mass is 10.2. The Bertz CT molecular complexity index is 653. The third kappa shape index (κ3) is 4.18. The molecule has 1 aromatic carbocycles. The molecule has 0 amide bonds. The van der Waals surface area contributed by atoms with Crippen LogP contribution in [0.1, 0.15) is 12.5 Å². The number of nitrogens with one attached hydrogen (secondary N) is 2. The van der Waals surface area contributed by atoms with E-state index >= 15 is 0 Å². The standard InChI is InChI=1S/C17H22N4O2/c1-2-18-17(19-7-10-21-8-3-4-9-21)20-12-14-5-6-15-16(11-14)23-13-22-15/h3-6,8-9,11H,2,7,10,12-13H2,1H3,(H2,18,19,20). The van der Waals surface area contributed by atoms with Crippen molar-refractivity contribution in [3.8, 4) is 11.5 Å². The molecule has 23 heavy (non-hydrogen) atoms. The van der Waals surface area contributed by atoms with Gasteiger partial charge in [-0.2, -0.15) is 0 Å². The number of fused-ring (bicyclic) bond motifs is 1. The fourth-order valence-electron chi connectivity index (χ4n) is 2.37. The summed E-state index contributed by atoms with van der Waals surface area (Å²) >= 11 is 0. The number of ether oxygens (including phenoxy) is 2. The van der Waals surface area contributed by atoms with Crippen LogP contribution in [0.2, 0.25) is 0 Å². The fraction of sp³-hybridized carbons (Fsp3) is 0.353. The van der Waals surface area contributed by atoms with E-state index in [0.29, 0.717) is 13.3 Å². The third-order valence-corrected chi connectivity index (χ3v) is 3.53. The van der Waals surface area contributed by atoms with Gasteiger partial charge in [-0.15, -0.1) is 0 Å². The minimum Gasteiger partial charge on any atom is -0.454 e. The van der Waals surface area contributed by atoms with Crippen molar-refractivity contribution in [2.45, 2.75) is 20.0 Å². The summed E-state index contributed by atoms with van der Waals surface area (Å²) in [5.74, 6) is 2.41. The Labute approximate surface area is 136 Å². The van der Waals surface area contributed by atoms with E-state index in [9.17, 15) is 0 Å². The molecule has 0 unspecified atom stereocenters. The molecule has 122 valence electrons. The molecule has 1 aromatic heterocycles. The van der Waals surface area contributed by atoms with Gasteiger partial charge in [0.2, 0.25) is 6.79 Å².